The molecule has 0 aliphatic carbocycles. The summed E-state index contributed by atoms with van der Waals surface area (Å²) in [5.41, 5.74) is -0.0475. The van der Waals surface area contributed by atoms with Gasteiger partial charge in [0.15, 0.2) is 0 Å². The van der Waals surface area contributed by atoms with Crippen LogP contribution in [0.1, 0.15) is 30.6 Å². The summed E-state index contributed by atoms with van der Waals surface area (Å²) in [6.45, 7) is 5.16. The monoisotopic (exact) mass is 331 g/mol. The first-order valence-corrected chi connectivity index (χ1v) is 6.88. The van der Waals surface area contributed by atoms with Crippen LogP contribution in [0.5, 0.6) is 0 Å². The molecule has 0 aliphatic heterocycles. The van der Waals surface area contributed by atoms with Crippen molar-refractivity contribution in [2.24, 2.45) is 5.41 Å². The average molecular weight is 332 g/mol. The Balaban J connectivity index is 2.66. The molecule has 5 heteroatoms. The van der Waals surface area contributed by atoms with Crippen LogP contribution in [-0.2, 0) is 4.74 Å². The fourth-order valence-electron chi connectivity index (χ4n) is 1.59. The van der Waals surface area contributed by atoms with E-state index in [0.717, 1.165) is 6.42 Å². The first-order chi connectivity index (χ1) is 8.87. The summed E-state index contributed by atoms with van der Waals surface area (Å²) < 4.78 is 19.1. The average Bonchev–Trinajstić information content (AvgIpc) is 2.34. The predicted molar refractivity (Wildman–Crippen MR) is 76.7 cm³/mol. The summed E-state index contributed by atoms with van der Waals surface area (Å²) in [5.74, 6) is -0.933. The van der Waals surface area contributed by atoms with Crippen LogP contribution in [0.2, 0.25) is 0 Å². The first-order valence-electron chi connectivity index (χ1n) is 6.08. The summed E-state index contributed by atoms with van der Waals surface area (Å²) >= 11 is 3.19. The lowest BCUT2D eigenvalue weighted by Crippen LogP contribution is -2.35. The number of hydrogen-bond acceptors (Lipinski definition) is 2. The minimum Gasteiger partial charge on any atom is -0.385 e. The van der Waals surface area contributed by atoms with Gasteiger partial charge in [-0.05, 0) is 39.9 Å². The number of amides is 1. The van der Waals surface area contributed by atoms with Crippen LogP contribution in [0.25, 0.3) is 0 Å². The molecule has 0 spiro atoms. The van der Waals surface area contributed by atoms with Gasteiger partial charge < -0.3 is 10.1 Å². The van der Waals surface area contributed by atoms with Gasteiger partial charge in [0.2, 0.25) is 0 Å². The largest absolute Gasteiger partial charge is 0.385 e. The van der Waals surface area contributed by atoms with Crippen molar-refractivity contribution in [2.75, 3.05) is 20.3 Å². The molecule has 1 amide bonds. The number of rotatable bonds is 6. The van der Waals surface area contributed by atoms with Crippen molar-refractivity contribution in [1.82, 2.24) is 5.32 Å². The van der Waals surface area contributed by atoms with Crippen LogP contribution >= 0.6 is 15.9 Å². The van der Waals surface area contributed by atoms with Gasteiger partial charge in [0, 0.05) is 24.7 Å². The zero-order valence-electron chi connectivity index (χ0n) is 11.4. The number of carbonyl (C=O) groups excluding carboxylic acids is 1. The zero-order valence-corrected chi connectivity index (χ0v) is 13.0. The number of carbonyl (C=O) groups is 1. The first kappa shape index (κ1) is 16.1. The summed E-state index contributed by atoms with van der Waals surface area (Å²) in [4.78, 5) is 12.0. The Morgan fingerprint density at radius 2 is 2.16 bits per heavy atom. The molecule has 106 valence electrons. The van der Waals surface area contributed by atoms with Crippen LogP contribution in [0.4, 0.5) is 4.39 Å². The predicted octanol–water partition coefficient (Wildman–Crippen LogP) is 3.38. The van der Waals surface area contributed by atoms with Gasteiger partial charge in [-0.1, -0.05) is 19.9 Å². The normalized spacial score (nSPS) is 11.4. The third-order valence-corrected chi connectivity index (χ3v) is 3.56. The molecule has 0 radical (unpaired) electrons. The Kier molecular flexibility index (Phi) is 5.94. The van der Waals surface area contributed by atoms with Gasteiger partial charge in [-0.15, -0.1) is 0 Å². The molecule has 0 heterocycles. The summed E-state index contributed by atoms with van der Waals surface area (Å²) in [6, 6.07) is 4.47. The second-order valence-electron chi connectivity index (χ2n) is 5.19. The van der Waals surface area contributed by atoms with E-state index in [1.807, 2.05) is 13.8 Å². The maximum absolute atomic E-state index is 13.6. The molecule has 0 fully saturated rings. The van der Waals surface area contributed by atoms with E-state index in [1.54, 1.807) is 19.2 Å². The van der Waals surface area contributed by atoms with Gasteiger partial charge in [0.1, 0.15) is 5.82 Å². The minimum atomic E-state index is -0.526. The van der Waals surface area contributed by atoms with E-state index in [4.69, 9.17) is 4.74 Å². The maximum atomic E-state index is 13.6. The number of hydrogen-bond donors (Lipinski definition) is 1. The molecular formula is C14H19BrFNO2. The second kappa shape index (κ2) is 7.01. The van der Waals surface area contributed by atoms with Crippen molar-refractivity contribution in [3.8, 4) is 0 Å². The van der Waals surface area contributed by atoms with Crippen molar-refractivity contribution >= 4 is 21.8 Å². The molecule has 1 N–H and O–H groups in total. The Morgan fingerprint density at radius 1 is 1.47 bits per heavy atom. The van der Waals surface area contributed by atoms with Crippen molar-refractivity contribution in [3.05, 3.63) is 34.1 Å². The van der Waals surface area contributed by atoms with Gasteiger partial charge >= 0.3 is 0 Å². The molecule has 1 aromatic rings. The number of halogens is 2. The Bertz CT molecular complexity index is 429. The van der Waals surface area contributed by atoms with Crippen LogP contribution in [0.15, 0.2) is 22.7 Å². The summed E-state index contributed by atoms with van der Waals surface area (Å²) in [7, 11) is 1.64. The van der Waals surface area contributed by atoms with E-state index >= 15 is 0 Å². The van der Waals surface area contributed by atoms with Crippen molar-refractivity contribution in [1.29, 1.82) is 0 Å². The van der Waals surface area contributed by atoms with Crippen LogP contribution in [-0.4, -0.2) is 26.2 Å². The topological polar surface area (TPSA) is 38.3 Å². The molecule has 0 saturated carbocycles. The molecule has 0 bridgehead atoms. The highest BCUT2D eigenvalue weighted by Crippen LogP contribution is 2.21. The lowest BCUT2D eigenvalue weighted by atomic mass is 9.89. The highest BCUT2D eigenvalue weighted by atomic mass is 79.9. The van der Waals surface area contributed by atoms with E-state index in [-0.39, 0.29) is 11.0 Å². The highest BCUT2D eigenvalue weighted by Gasteiger charge is 2.21. The van der Waals surface area contributed by atoms with Crippen LogP contribution in [0.3, 0.4) is 0 Å². The molecule has 0 aliphatic rings. The quantitative estimate of drug-likeness (QED) is 0.867. The minimum absolute atomic E-state index is 0.0463. The second-order valence-corrected chi connectivity index (χ2v) is 6.04. The Labute approximate surface area is 121 Å². The van der Waals surface area contributed by atoms with E-state index in [1.165, 1.54) is 6.07 Å². The van der Waals surface area contributed by atoms with E-state index < -0.39 is 11.7 Å². The van der Waals surface area contributed by atoms with Gasteiger partial charge in [0.05, 0.1) is 5.56 Å². The fraction of sp³-hybridized carbons (Fsp3) is 0.500. The van der Waals surface area contributed by atoms with Crippen molar-refractivity contribution < 1.29 is 13.9 Å². The SMILES string of the molecule is COCCC(C)(C)CNC(=O)c1c(F)cccc1Br. The number of methoxy groups -OCH3 is 1. The standard InChI is InChI=1S/C14H19BrFNO2/c1-14(2,7-8-19-3)9-17-13(18)12-10(15)5-4-6-11(12)16/h4-6H,7-9H2,1-3H3,(H,17,18). The number of ether oxygens (including phenoxy) is 1. The molecule has 0 atom stereocenters. The molecule has 1 aromatic carbocycles. The zero-order chi connectivity index (χ0) is 14.5. The lowest BCUT2D eigenvalue weighted by Gasteiger charge is -2.24. The molecule has 19 heavy (non-hydrogen) atoms. The smallest absolute Gasteiger partial charge is 0.255 e. The Hall–Kier alpha value is -0.940. The fourth-order valence-corrected chi connectivity index (χ4v) is 2.11. The Morgan fingerprint density at radius 3 is 2.74 bits per heavy atom. The van der Waals surface area contributed by atoms with E-state index in [9.17, 15) is 9.18 Å². The van der Waals surface area contributed by atoms with Crippen LogP contribution in [0, 0.1) is 11.2 Å². The highest BCUT2D eigenvalue weighted by molar-refractivity contribution is 9.10. The molecule has 0 aromatic heterocycles. The molecule has 1 rings (SSSR count). The summed E-state index contributed by atoms with van der Waals surface area (Å²) in [5, 5.41) is 2.77. The van der Waals surface area contributed by atoms with Gasteiger partial charge in [0.25, 0.3) is 5.91 Å². The number of nitrogens with one attached hydrogen (secondary N) is 1. The molecule has 0 saturated heterocycles. The van der Waals surface area contributed by atoms with E-state index in [2.05, 4.69) is 21.2 Å². The third kappa shape index (κ3) is 4.91. The van der Waals surface area contributed by atoms with Crippen molar-refractivity contribution in [2.45, 2.75) is 20.3 Å². The molecular weight excluding hydrogens is 313 g/mol. The maximum Gasteiger partial charge on any atom is 0.255 e. The van der Waals surface area contributed by atoms with Gasteiger partial charge in [-0.2, -0.15) is 0 Å². The molecule has 0 unspecified atom stereocenters. The van der Waals surface area contributed by atoms with Crippen molar-refractivity contribution in [3.63, 3.8) is 0 Å². The van der Waals surface area contributed by atoms with Gasteiger partial charge in [-0.25, -0.2) is 4.39 Å². The van der Waals surface area contributed by atoms with E-state index in [0.29, 0.717) is 17.6 Å². The third-order valence-electron chi connectivity index (χ3n) is 2.90. The summed E-state index contributed by atoms with van der Waals surface area (Å²) in [6.07, 6.45) is 0.822. The lowest BCUT2D eigenvalue weighted by molar-refractivity contribution is 0.0916. The van der Waals surface area contributed by atoms with Crippen LogP contribution < -0.4 is 5.32 Å². The molecule has 3 nitrogen and oxygen atoms in total. The number of benzene rings is 1. The van der Waals surface area contributed by atoms with Gasteiger partial charge in [-0.3, -0.25) is 4.79 Å².